The van der Waals surface area contributed by atoms with E-state index in [2.05, 4.69) is 72.0 Å². The lowest BCUT2D eigenvalue weighted by Gasteiger charge is -2.36. The number of rotatable bonds is 7. The van der Waals surface area contributed by atoms with Crippen molar-refractivity contribution in [3.63, 3.8) is 0 Å². The Balaban J connectivity index is 1.80. The summed E-state index contributed by atoms with van der Waals surface area (Å²) in [5.74, 6) is 2.01. The van der Waals surface area contributed by atoms with E-state index < -0.39 is 0 Å². The summed E-state index contributed by atoms with van der Waals surface area (Å²) in [7, 11) is 2.05. The molecule has 3 heterocycles. The van der Waals surface area contributed by atoms with Gasteiger partial charge in [-0.1, -0.05) is 43.6 Å². The topological polar surface area (TPSA) is 30.7 Å². The Morgan fingerprint density at radius 2 is 1.93 bits per heavy atom. The zero-order chi connectivity index (χ0) is 20.4. The number of halogens is 1. The number of para-hydroxylation sites is 1. The lowest BCUT2D eigenvalue weighted by Crippen LogP contribution is -2.46. The van der Waals surface area contributed by atoms with Crippen LogP contribution >= 0.6 is 11.6 Å². The van der Waals surface area contributed by atoms with Crippen LogP contribution in [0.2, 0.25) is 0 Å². The molecular formula is C24H28ClN4+. The van der Waals surface area contributed by atoms with Crippen molar-refractivity contribution in [3.05, 3.63) is 84.3 Å². The maximum Gasteiger partial charge on any atom is 0.164 e. The Morgan fingerprint density at radius 1 is 1.10 bits per heavy atom. The predicted octanol–water partition coefficient (Wildman–Crippen LogP) is 5.70. The molecule has 2 unspecified atom stereocenters. The number of aryl methyl sites for hydroxylation is 1. The van der Waals surface area contributed by atoms with Crippen LogP contribution in [0, 0.1) is 5.92 Å². The van der Waals surface area contributed by atoms with Crippen LogP contribution in [0.5, 0.6) is 0 Å². The highest BCUT2D eigenvalue weighted by molar-refractivity contribution is 6.50. The van der Waals surface area contributed by atoms with Crippen molar-refractivity contribution in [1.82, 2.24) is 19.0 Å². The third-order valence-corrected chi connectivity index (χ3v) is 6.11. The fraction of sp³-hybridized carbons (Fsp3) is 0.333. The van der Waals surface area contributed by atoms with E-state index in [1.165, 1.54) is 11.3 Å². The lowest BCUT2D eigenvalue weighted by molar-refractivity contribution is 0.310. The molecule has 0 amide bonds. The smallest absolute Gasteiger partial charge is 0.164 e. The number of quaternary nitrogens is 1. The van der Waals surface area contributed by atoms with Crippen LogP contribution in [0.3, 0.4) is 0 Å². The van der Waals surface area contributed by atoms with Crippen molar-refractivity contribution in [2.45, 2.75) is 32.7 Å². The first kappa shape index (κ1) is 19.9. The minimum Gasteiger partial charge on any atom is -0.333 e. The van der Waals surface area contributed by atoms with Gasteiger partial charge in [0.05, 0.1) is 12.1 Å². The summed E-state index contributed by atoms with van der Waals surface area (Å²) in [5, 5.41) is 0.823. The molecule has 1 aromatic carbocycles. The number of hydrogen-bond donors (Lipinski definition) is 0. The Kier molecular flexibility index (Phi) is 5.57. The first-order valence-electron chi connectivity index (χ1n) is 10.2. The van der Waals surface area contributed by atoms with Crippen molar-refractivity contribution in [2.75, 3.05) is 6.54 Å². The number of pyridine rings is 1. The molecule has 150 valence electrons. The highest BCUT2D eigenvalue weighted by Gasteiger charge is 2.41. The third-order valence-electron chi connectivity index (χ3n) is 5.80. The van der Waals surface area contributed by atoms with Gasteiger partial charge in [0, 0.05) is 43.8 Å². The number of aromatic nitrogens is 3. The maximum absolute atomic E-state index is 6.75. The van der Waals surface area contributed by atoms with Gasteiger partial charge in [0.1, 0.15) is 23.5 Å². The summed E-state index contributed by atoms with van der Waals surface area (Å²) in [4.78, 5) is 9.02. The third kappa shape index (κ3) is 4.00. The highest BCUT2D eigenvalue weighted by atomic mass is 35.5. The largest absolute Gasteiger partial charge is 0.333 e. The minimum absolute atomic E-state index is 0.371. The fourth-order valence-electron chi connectivity index (χ4n) is 4.46. The maximum atomic E-state index is 6.75. The first-order valence-corrected chi connectivity index (χ1v) is 10.6. The van der Waals surface area contributed by atoms with E-state index in [-0.39, 0.29) is 0 Å². The number of fused-ring (bicyclic) bond motifs is 1. The summed E-state index contributed by atoms with van der Waals surface area (Å²) in [6.45, 7) is 6.26. The molecule has 0 spiro atoms. The standard InChI is InChI=1S/C24H28ClN4/c1-18(2)13-20(19-7-6-10-26-14-19)15-29(17-24-27-11-12-28(24)3)16-22(25)21-8-4-5-9-23(21)29/h4-12,14,16,18,20H,13,15,17H2,1-3H3/q+1. The lowest BCUT2D eigenvalue weighted by atomic mass is 9.90. The number of imidazole rings is 1. The molecule has 0 radical (unpaired) electrons. The average Bonchev–Trinajstić information content (AvgIpc) is 3.23. The average molecular weight is 408 g/mol. The first-order chi connectivity index (χ1) is 14.0. The quantitative estimate of drug-likeness (QED) is 0.470. The molecule has 1 aliphatic rings. The van der Waals surface area contributed by atoms with Crippen molar-refractivity contribution in [1.29, 1.82) is 0 Å². The summed E-state index contributed by atoms with van der Waals surface area (Å²) in [6, 6.07) is 12.7. The van der Waals surface area contributed by atoms with Gasteiger partial charge in [-0.05, 0) is 30.0 Å². The zero-order valence-electron chi connectivity index (χ0n) is 17.3. The molecule has 2 aromatic heterocycles. The molecule has 3 aromatic rings. The van der Waals surface area contributed by atoms with Crippen LogP contribution < -0.4 is 4.48 Å². The normalized spacial score (nSPS) is 19.3. The number of hydrogen-bond acceptors (Lipinski definition) is 2. The molecule has 4 nitrogen and oxygen atoms in total. The van der Waals surface area contributed by atoms with E-state index in [4.69, 9.17) is 11.6 Å². The van der Waals surface area contributed by atoms with Crippen LogP contribution in [-0.2, 0) is 13.6 Å². The molecule has 0 aliphatic carbocycles. The Morgan fingerprint density at radius 3 is 2.62 bits per heavy atom. The van der Waals surface area contributed by atoms with E-state index >= 15 is 0 Å². The molecule has 0 bridgehead atoms. The van der Waals surface area contributed by atoms with E-state index in [1.54, 1.807) is 0 Å². The predicted molar refractivity (Wildman–Crippen MR) is 120 cm³/mol. The Labute approximate surface area is 178 Å². The van der Waals surface area contributed by atoms with E-state index in [1.807, 2.05) is 30.9 Å². The van der Waals surface area contributed by atoms with Crippen molar-refractivity contribution in [2.24, 2.45) is 13.0 Å². The molecule has 0 N–H and O–H groups in total. The van der Waals surface area contributed by atoms with Gasteiger partial charge in [0.25, 0.3) is 0 Å². The molecular weight excluding hydrogens is 380 g/mol. The minimum atomic E-state index is 0.371. The highest BCUT2D eigenvalue weighted by Crippen LogP contribution is 2.45. The number of nitrogens with zero attached hydrogens (tertiary/aromatic N) is 4. The molecule has 29 heavy (non-hydrogen) atoms. The second kappa shape index (κ2) is 8.13. The molecule has 2 atom stereocenters. The van der Waals surface area contributed by atoms with Gasteiger partial charge in [-0.25, -0.2) is 4.98 Å². The molecule has 0 fully saturated rings. The van der Waals surface area contributed by atoms with E-state index in [9.17, 15) is 0 Å². The monoisotopic (exact) mass is 407 g/mol. The second-order valence-corrected chi connectivity index (χ2v) is 8.84. The van der Waals surface area contributed by atoms with Gasteiger partial charge in [-0.3, -0.25) is 9.47 Å². The number of benzene rings is 1. The Bertz CT molecular complexity index is 1010. The van der Waals surface area contributed by atoms with Gasteiger partial charge in [-0.2, -0.15) is 0 Å². The summed E-state index contributed by atoms with van der Waals surface area (Å²) in [6.07, 6.45) is 11.0. The zero-order valence-corrected chi connectivity index (χ0v) is 18.0. The summed E-state index contributed by atoms with van der Waals surface area (Å²) >= 11 is 6.75. The fourth-order valence-corrected chi connectivity index (χ4v) is 4.81. The summed E-state index contributed by atoms with van der Waals surface area (Å²) in [5.41, 5.74) is 3.66. The SMILES string of the molecule is CC(C)CC(C[N+]1(Cc2nccn2C)C=C(Cl)c2ccccc21)c1cccnc1. The van der Waals surface area contributed by atoms with E-state index in [0.717, 1.165) is 35.9 Å². The van der Waals surface area contributed by atoms with Gasteiger partial charge >= 0.3 is 0 Å². The van der Waals surface area contributed by atoms with Gasteiger partial charge in [-0.15, -0.1) is 0 Å². The van der Waals surface area contributed by atoms with Gasteiger partial charge in [0.2, 0.25) is 0 Å². The molecule has 0 saturated heterocycles. The second-order valence-electron chi connectivity index (χ2n) is 8.44. The van der Waals surface area contributed by atoms with E-state index in [0.29, 0.717) is 16.3 Å². The molecule has 0 saturated carbocycles. The molecule has 4 rings (SSSR count). The van der Waals surface area contributed by atoms with Crippen molar-refractivity contribution >= 4 is 22.3 Å². The van der Waals surface area contributed by atoms with Gasteiger partial charge < -0.3 is 4.57 Å². The van der Waals surface area contributed by atoms with Crippen molar-refractivity contribution < 1.29 is 0 Å². The van der Waals surface area contributed by atoms with Crippen LogP contribution in [-0.4, -0.2) is 21.1 Å². The van der Waals surface area contributed by atoms with Crippen LogP contribution in [0.25, 0.3) is 5.03 Å². The van der Waals surface area contributed by atoms with Crippen LogP contribution in [0.1, 0.15) is 43.1 Å². The molecule has 1 aliphatic heterocycles. The summed E-state index contributed by atoms with van der Waals surface area (Å²) < 4.78 is 2.77. The van der Waals surface area contributed by atoms with Crippen LogP contribution in [0.15, 0.2) is 67.4 Å². The molecule has 5 heteroatoms. The van der Waals surface area contributed by atoms with Crippen molar-refractivity contribution in [3.8, 4) is 0 Å². The Hall–Kier alpha value is -2.43. The van der Waals surface area contributed by atoms with Crippen LogP contribution in [0.4, 0.5) is 5.69 Å². The van der Waals surface area contributed by atoms with Gasteiger partial charge in [0.15, 0.2) is 5.82 Å².